The van der Waals surface area contributed by atoms with Crippen LogP contribution in [0.3, 0.4) is 0 Å². The molecule has 0 radical (unpaired) electrons. The quantitative estimate of drug-likeness (QED) is 0.888. The molecule has 4 nitrogen and oxygen atoms in total. The number of nitrogens with zero attached hydrogens (tertiary/aromatic N) is 2. The summed E-state index contributed by atoms with van der Waals surface area (Å²) in [7, 11) is 0. The molecule has 3 N–H and O–H groups in total. The zero-order valence-electron chi connectivity index (χ0n) is 13.4. The van der Waals surface area contributed by atoms with Gasteiger partial charge in [-0.2, -0.15) is 0 Å². The molecular weight excluding hydrogens is 286 g/mol. The topological polar surface area (TPSA) is 52.7 Å². The van der Waals surface area contributed by atoms with Gasteiger partial charge in [0.25, 0.3) is 0 Å². The molecule has 1 fully saturated rings. The molecular formula is C19H25N3O. The second-order valence-corrected chi connectivity index (χ2v) is 6.25. The molecule has 1 unspecified atom stereocenters. The SMILES string of the molecule is NC(Cc1ccc(O)cc1)CN1CCN(c2ccccc2)CC1. The van der Waals surface area contributed by atoms with Crippen LogP contribution in [0.1, 0.15) is 5.56 Å². The summed E-state index contributed by atoms with van der Waals surface area (Å²) in [5, 5.41) is 9.33. The first-order valence-electron chi connectivity index (χ1n) is 8.26. The third kappa shape index (κ3) is 4.47. The normalized spacial score (nSPS) is 17.2. The number of benzene rings is 2. The maximum absolute atomic E-state index is 9.33. The summed E-state index contributed by atoms with van der Waals surface area (Å²) in [5.74, 6) is 0.305. The average molecular weight is 311 g/mol. The summed E-state index contributed by atoms with van der Waals surface area (Å²) in [6.45, 7) is 5.13. The Morgan fingerprint density at radius 3 is 2.22 bits per heavy atom. The fourth-order valence-corrected chi connectivity index (χ4v) is 3.16. The summed E-state index contributed by atoms with van der Waals surface area (Å²) in [4.78, 5) is 4.88. The first kappa shape index (κ1) is 15.8. The number of anilines is 1. The van der Waals surface area contributed by atoms with E-state index in [0.29, 0.717) is 5.75 Å². The highest BCUT2D eigenvalue weighted by atomic mass is 16.3. The third-order valence-electron chi connectivity index (χ3n) is 4.42. The number of phenols is 1. The van der Waals surface area contributed by atoms with Crippen molar-refractivity contribution >= 4 is 5.69 Å². The van der Waals surface area contributed by atoms with Crippen LogP contribution in [0.25, 0.3) is 0 Å². The number of rotatable bonds is 5. The zero-order valence-corrected chi connectivity index (χ0v) is 13.4. The Balaban J connectivity index is 1.46. The van der Waals surface area contributed by atoms with E-state index in [-0.39, 0.29) is 6.04 Å². The van der Waals surface area contributed by atoms with Gasteiger partial charge >= 0.3 is 0 Å². The van der Waals surface area contributed by atoms with Crippen LogP contribution in [0.2, 0.25) is 0 Å². The molecule has 2 aromatic carbocycles. The number of aromatic hydroxyl groups is 1. The van der Waals surface area contributed by atoms with Gasteiger partial charge in [0, 0.05) is 44.5 Å². The predicted molar refractivity (Wildman–Crippen MR) is 94.9 cm³/mol. The molecule has 4 heteroatoms. The van der Waals surface area contributed by atoms with Crippen molar-refractivity contribution in [2.24, 2.45) is 5.73 Å². The summed E-state index contributed by atoms with van der Waals surface area (Å²) < 4.78 is 0. The first-order chi connectivity index (χ1) is 11.2. The van der Waals surface area contributed by atoms with E-state index >= 15 is 0 Å². The molecule has 122 valence electrons. The van der Waals surface area contributed by atoms with Gasteiger partial charge in [-0.25, -0.2) is 0 Å². The fourth-order valence-electron chi connectivity index (χ4n) is 3.16. The van der Waals surface area contributed by atoms with Gasteiger partial charge in [0.15, 0.2) is 0 Å². The van der Waals surface area contributed by atoms with Crippen LogP contribution in [0.15, 0.2) is 54.6 Å². The molecule has 1 heterocycles. The maximum atomic E-state index is 9.33. The molecule has 2 aromatic rings. The Bertz CT molecular complexity index is 592. The predicted octanol–water partition coefficient (Wildman–Crippen LogP) is 2.08. The van der Waals surface area contributed by atoms with Crippen LogP contribution < -0.4 is 10.6 Å². The average Bonchev–Trinajstić information content (AvgIpc) is 2.58. The van der Waals surface area contributed by atoms with Gasteiger partial charge < -0.3 is 15.7 Å². The number of hydrogen-bond acceptors (Lipinski definition) is 4. The number of phenolic OH excluding ortho intramolecular Hbond substituents is 1. The number of hydrogen-bond donors (Lipinski definition) is 2. The summed E-state index contributed by atoms with van der Waals surface area (Å²) in [6.07, 6.45) is 0.846. The lowest BCUT2D eigenvalue weighted by Gasteiger charge is -2.37. The van der Waals surface area contributed by atoms with E-state index in [1.165, 1.54) is 11.3 Å². The Hall–Kier alpha value is -2.04. The van der Waals surface area contributed by atoms with E-state index in [4.69, 9.17) is 5.73 Å². The smallest absolute Gasteiger partial charge is 0.115 e. The first-order valence-corrected chi connectivity index (χ1v) is 8.26. The second kappa shape index (κ2) is 7.49. The lowest BCUT2D eigenvalue weighted by atomic mass is 10.1. The van der Waals surface area contributed by atoms with Gasteiger partial charge in [0.05, 0.1) is 0 Å². The van der Waals surface area contributed by atoms with Gasteiger partial charge in [0.1, 0.15) is 5.75 Å². The van der Waals surface area contributed by atoms with Crippen LogP contribution in [0.5, 0.6) is 5.75 Å². The van der Waals surface area contributed by atoms with Gasteiger partial charge in [-0.15, -0.1) is 0 Å². The van der Waals surface area contributed by atoms with Crippen molar-refractivity contribution in [1.29, 1.82) is 0 Å². The standard InChI is InChI=1S/C19H25N3O/c20-17(14-16-6-8-19(23)9-7-16)15-21-10-12-22(13-11-21)18-4-2-1-3-5-18/h1-9,17,23H,10-15,20H2. The Labute approximate surface area is 138 Å². The zero-order chi connectivity index (χ0) is 16.1. The minimum atomic E-state index is 0.128. The van der Waals surface area contributed by atoms with Crippen LogP contribution in [-0.4, -0.2) is 48.8 Å². The molecule has 1 aliphatic heterocycles. The minimum absolute atomic E-state index is 0.128. The van der Waals surface area contributed by atoms with Crippen LogP contribution in [-0.2, 0) is 6.42 Å². The van der Waals surface area contributed by atoms with E-state index < -0.39 is 0 Å². The van der Waals surface area contributed by atoms with Gasteiger partial charge in [-0.1, -0.05) is 30.3 Å². The van der Waals surface area contributed by atoms with E-state index in [1.807, 2.05) is 12.1 Å². The van der Waals surface area contributed by atoms with Crippen molar-refractivity contribution in [3.63, 3.8) is 0 Å². The molecule has 0 bridgehead atoms. The molecule has 3 rings (SSSR count). The van der Waals surface area contributed by atoms with E-state index in [9.17, 15) is 5.11 Å². The third-order valence-corrected chi connectivity index (χ3v) is 4.42. The molecule has 0 aliphatic carbocycles. The lowest BCUT2D eigenvalue weighted by molar-refractivity contribution is 0.242. The summed E-state index contributed by atoms with van der Waals surface area (Å²) in [5.41, 5.74) is 8.79. The molecule has 0 saturated carbocycles. The van der Waals surface area contributed by atoms with E-state index in [0.717, 1.165) is 39.1 Å². The largest absolute Gasteiger partial charge is 0.508 e. The van der Waals surface area contributed by atoms with Crippen molar-refractivity contribution < 1.29 is 5.11 Å². The second-order valence-electron chi connectivity index (χ2n) is 6.25. The van der Waals surface area contributed by atoms with E-state index in [2.05, 4.69) is 40.1 Å². The highest BCUT2D eigenvalue weighted by Gasteiger charge is 2.18. The van der Waals surface area contributed by atoms with Crippen LogP contribution >= 0.6 is 0 Å². The summed E-state index contributed by atoms with van der Waals surface area (Å²) >= 11 is 0. The van der Waals surface area contributed by atoms with Crippen molar-refractivity contribution in [2.45, 2.75) is 12.5 Å². The molecule has 0 amide bonds. The highest BCUT2D eigenvalue weighted by molar-refractivity contribution is 5.46. The minimum Gasteiger partial charge on any atom is -0.508 e. The van der Waals surface area contributed by atoms with Crippen LogP contribution in [0.4, 0.5) is 5.69 Å². The van der Waals surface area contributed by atoms with Gasteiger partial charge in [-0.3, -0.25) is 4.90 Å². The lowest BCUT2D eigenvalue weighted by Crippen LogP contribution is -2.50. The number of piperazine rings is 1. The number of nitrogens with two attached hydrogens (primary N) is 1. The molecule has 1 saturated heterocycles. The Kier molecular flexibility index (Phi) is 5.16. The highest BCUT2D eigenvalue weighted by Crippen LogP contribution is 2.16. The van der Waals surface area contributed by atoms with Crippen molar-refractivity contribution in [2.75, 3.05) is 37.6 Å². The summed E-state index contributed by atoms with van der Waals surface area (Å²) in [6, 6.07) is 18.1. The van der Waals surface area contributed by atoms with Crippen molar-refractivity contribution in [3.05, 3.63) is 60.2 Å². The molecule has 0 spiro atoms. The Morgan fingerprint density at radius 1 is 0.913 bits per heavy atom. The van der Waals surface area contributed by atoms with Crippen molar-refractivity contribution in [3.8, 4) is 5.75 Å². The molecule has 23 heavy (non-hydrogen) atoms. The Morgan fingerprint density at radius 2 is 1.57 bits per heavy atom. The molecule has 1 aliphatic rings. The van der Waals surface area contributed by atoms with Gasteiger partial charge in [0.2, 0.25) is 0 Å². The molecule has 0 aromatic heterocycles. The van der Waals surface area contributed by atoms with Crippen LogP contribution in [0, 0.1) is 0 Å². The van der Waals surface area contributed by atoms with Gasteiger partial charge in [-0.05, 0) is 36.2 Å². The van der Waals surface area contributed by atoms with Crippen molar-refractivity contribution in [1.82, 2.24) is 4.90 Å². The molecule has 1 atom stereocenters. The number of para-hydroxylation sites is 1. The fraction of sp³-hybridized carbons (Fsp3) is 0.368. The maximum Gasteiger partial charge on any atom is 0.115 e. The van der Waals surface area contributed by atoms with E-state index in [1.54, 1.807) is 12.1 Å². The monoisotopic (exact) mass is 311 g/mol.